The van der Waals surface area contributed by atoms with Gasteiger partial charge in [0.1, 0.15) is 6.29 Å². The summed E-state index contributed by atoms with van der Waals surface area (Å²) in [6.45, 7) is 4.70. The maximum Gasteiger partial charge on any atom is 0.274 e. The van der Waals surface area contributed by atoms with Crippen LogP contribution in [0.2, 0.25) is 5.02 Å². The van der Waals surface area contributed by atoms with E-state index in [0.29, 0.717) is 29.2 Å². The van der Waals surface area contributed by atoms with Crippen LogP contribution in [-0.2, 0) is 10.3 Å². The lowest BCUT2D eigenvalue weighted by Gasteiger charge is -2.28. The first-order valence-corrected chi connectivity index (χ1v) is 9.01. The van der Waals surface area contributed by atoms with Gasteiger partial charge in [-0.2, -0.15) is 0 Å². The highest BCUT2D eigenvalue weighted by atomic mass is 35.5. The SMILES string of the molecule is CC(C)(NCCC(C=O)Nc1ccc(C(=O)NO)cc1)c1ccccc1Cl. The maximum absolute atomic E-state index is 11.4. The number of carbonyl (C=O) groups excluding carboxylic acids is 2. The van der Waals surface area contributed by atoms with Crippen molar-refractivity contribution in [3.05, 3.63) is 64.7 Å². The number of halogens is 1. The van der Waals surface area contributed by atoms with Crippen molar-refractivity contribution >= 4 is 29.5 Å². The summed E-state index contributed by atoms with van der Waals surface area (Å²) in [6.07, 6.45) is 1.44. The molecule has 0 spiro atoms. The van der Waals surface area contributed by atoms with Crippen molar-refractivity contribution < 1.29 is 14.8 Å². The maximum atomic E-state index is 11.4. The highest BCUT2D eigenvalue weighted by Gasteiger charge is 2.22. The number of anilines is 1. The molecule has 1 unspecified atom stereocenters. The molecular weight excluding hydrogens is 366 g/mol. The summed E-state index contributed by atoms with van der Waals surface area (Å²) in [7, 11) is 0. The van der Waals surface area contributed by atoms with E-state index in [4.69, 9.17) is 16.8 Å². The van der Waals surface area contributed by atoms with E-state index in [0.717, 1.165) is 11.8 Å². The van der Waals surface area contributed by atoms with Gasteiger partial charge in [-0.3, -0.25) is 10.0 Å². The van der Waals surface area contributed by atoms with Crippen LogP contribution >= 0.6 is 11.6 Å². The quantitative estimate of drug-likeness (QED) is 0.300. The third-order valence-electron chi connectivity index (χ3n) is 4.33. The molecule has 7 heteroatoms. The standard InChI is InChI=1S/C20H24ClN3O3/c1-20(2,17-5-3-4-6-18(17)21)22-12-11-16(13-25)23-15-9-7-14(8-10-15)19(26)24-27/h3-10,13,16,22-23,27H,11-12H2,1-2H3,(H,24,26). The van der Waals surface area contributed by atoms with Crippen LogP contribution in [0.25, 0.3) is 0 Å². The van der Waals surface area contributed by atoms with Crippen molar-refractivity contribution in [1.82, 2.24) is 10.8 Å². The Morgan fingerprint density at radius 3 is 2.44 bits per heavy atom. The predicted octanol–water partition coefficient (Wildman–Crippen LogP) is 3.35. The molecule has 0 saturated carbocycles. The van der Waals surface area contributed by atoms with Crippen molar-refractivity contribution in [3.8, 4) is 0 Å². The Morgan fingerprint density at radius 2 is 1.85 bits per heavy atom. The topological polar surface area (TPSA) is 90.5 Å². The monoisotopic (exact) mass is 389 g/mol. The zero-order chi connectivity index (χ0) is 19.9. The van der Waals surface area contributed by atoms with Crippen LogP contribution in [0.3, 0.4) is 0 Å². The van der Waals surface area contributed by atoms with Crippen molar-refractivity contribution in [1.29, 1.82) is 0 Å². The number of nitrogens with one attached hydrogen (secondary N) is 3. The zero-order valence-corrected chi connectivity index (χ0v) is 16.1. The molecular formula is C20H24ClN3O3. The van der Waals surface area contributed by atoms with Crippen LogP contribution in [0, 0.1) is 0 Å². The summed E-state index contributed by atoms with van der Waals surface area (Å²) in [4.78, 5) is 22.7. The van der Waals surface area contributed by atoms with Gasteiger partial charge in [0.25, 0.3) is 5.91 Å². The van der Waals surface area contributed by atoms with E-state index in [1.54, 1.807) is 29.7 Å². The molecule has 0 radical (unpaired) electrons. The molecule has 27 heavy (non-hydrogen) atoms. The van der Waals surface area contributed by atoms with E-state index in [1.807, 2.05) is 38.1 Å². The fourth-order valence-corrected chi connectivity index (χ4v) is 3.15. The highest BCUT2D eigenvalue weighted by molar-refractivity contribution is 6.31. The third kappa shape index (κ3) is 5.79. The number of hydrogen-bond donors (Lipinski definition) is 4. The number of rotatable bonds is 9. The van der Waals surface area contributed by atoms with Crippen LogP contribution in [0.4, 0.5) is 5.69 Å². The second-order valence-electron chi connectivity index (χ2n) is 6.73. The second-order valence-corrected chi connectivity index (χ2v) is 7.13. The van der Waals surface area contributed by atoms with Gasteiger partial charge < -0.3 is 15.4 Å². The molecule has 0 aliphatic carbocycles. The van der Waals surface area contributed by atoms with Gasteiger partial charge in [-0.15, -0.1) is 0 Å². The Bertz CT molecular complexity index is 778. The number of amides is 1. The molecule has 0 fully saturated rings. The van der Waals surface area contributed by atoms with Crippen LogP contribution in [0.15, 0.2) is 48.5 Å². The molecule has 2 rings (SSSR count). The lowest BCUT2D eigenvalue weighted by atomic mass is 9.94. The number of aldehydes is 1. The number of benzene rings is 2. The minimum Gasteiger partial charge on any atom is -0.375 e. The van der Waals surface area contributed by atoms with E-state index in [9.17, 15) is 9.59 Å². The van der Waals surface area contributed by atoms with Gasteiger partial charge in [-0.1, -0.05) is 29.8 Å². The fourth-order valence-electron chi connectivity index (χ4n) is 2.77. The van der Waals surface area contributed by atoms with Crippen LogP contribution < -0.4 is 16.1 Å². The lowest BCUT2D eigenvalue weighted by Crippen LogP contribution is -2.39. The molecule has 2 aromatic rings. The minimum atomic E-state index is -0.584. The van der Waals surface area contributed by atoms with E-state index in [-0.39, 0.29) is 11.6 Å². The molecule has 1 atom stereocenters. The molecule has 0 bridgehead atoms. The fraction of sp³-hybridized carbons (Fsp3) is 0.300. The molecule has 1 amide bonds. The summed E-state index contributed by atoms with van der Waals surface area (Å²) in [6, 6.07) is 13.8. The smallest absolute Gasteiger partial charge is 0.274 e. The van der Waals surface area contributed by atoms with Gasteiger partial charge >= 0.3 is 0 Å². The van der Waals surface area contributed by atoms with E-state index in [1.165, 1.54) is 0 Å². The van der Waals surface area contributed by atoms with Gasteiger partial charge in [-0.25, -0.2) is 5.48 Å². The molecule has 0 heterocycles. The second kappa shape index (κ2) is 9.50. The Morgan fingerprint density at radius 1 is 1.19 bits per heavy atom. The van der Waals surface area contributed by atoms with Gasteiger partial charge in [0.2, 0.25) is 0 Å². The zero-order valence-electron chi connectivity index (χ0n) is 15.3. The van der Waals surface area contributed by atoms with Crippen molar-refractivity contribution in [2.75, 3.05) is 11.9 Å². The van der Waals surface area contributed by atoms with E-state index < -0.39 is 5.91 Å². The first-order chi connectivity index (χ1) is 12.9. The summed E-state index contributed by atoms with van der Waals surface area (Å²) in [5.41, 5.74) is 3.29. The van der Waals surface area contributed by atoms with Crippen LogP contribution in [0.1, 0.15) is 36.2 Å². The molecule has 144 valence electrons. The highest BCUT2D eigenvalue weighted by Crippen LogP contribution is 2.27. The van der Waals surface area contributed by atoms with Gasteiger partial charge in [0.15, 0.2) is 0 Å². The summed E-state index contributed by atoms with van der Waals surface area (Å²) in [5, 5.41) is 15.9. The first-order valence-electron chi connectivity index (χ1n) is 8.63. The molecule has 0 saturated heterocycles. The summed E-state index contributed by atoms with van der Waals surface area (Å²) >= 11 is 6.28. The molecule has 0 aliphatic heterocycles. The van der Waals surface area contributed by atoms with Gasteiger partial charge in [-0.05, 0) is 62.7 Å². The Balaban J connectivity index is 1.91. The Hall–Kier alpha value is -2.41. The molecule has 6 nitrogen and oxygen atoms in total. The van der Waals surface area contributed by atoms with Crippen LogP contribution in [-0.4, -0.2) is 30.0 Å². The van der Waals surface area contributed by atoms with E-state index >= 15 is 0 Å². The average Bonchev–Trinajstić information content (AvgIpc) is 2.67. The van der Waals surface area contributed by atoms with Crippen molar-refractivity contribution in [2.24, 2.45) is 0 Å². The lowest BCUT2D eigenvalue weighted by molar-refractivity contribution is -0.108. The molecule has 2 aromatic carbocycles. The largest absolute Gasteiger partial charge is 0.375 e. The van der Waals surface area contributed by atoms with E-state index in [2.05, 4.69) is 10.6 Å². The number of hydrogen-bond acceptors (Lipinski definition) is 5. The predicted molar refractivity (Wildman–Crippen MR) is 106 cm³/mol. The van der Waals surface area contributed by atoms with Crippen molar-refractivity contribution in [3.63, 3.8) is 0 Å². The Labute approximate surface area is 163 Å². The summed E-state index contributed by atoms with van der Waals surface area (Å²) in [5.74, 6) is -0.584. The number of carbonyl (C=O) groups is 2. The number of hydroxylamine groups is 1. The van der Waals surface area contributed by atoms with Gasteiger partial charge in [0, 0.05) is 21.8 Å². The van der Waals surface area contributed by atoms with Crippen LogP contribution in [0.5, 0.6) is 0 Å². The molecule has 0 aromatic heterocycles. The minimum absolute atomic E-state index is 0.328. The van der Waals surface area contributed by atoms with Gasteiger partial charge in [0.05, 0.1) is 6.04 Å². The normalized spacial score (nSPS) is 12.3. The third-order valence-corrected chi connectivity index (χ3v) is 4.66. The summed E-state index contributed by atoms with van der Waals surface area (Å²) < 4.78 is 0. The first kappa shape index (κ1) is 20.9. The Kier molecular flexibility index (Phi) is 7.36. The molecule has 0 aliphatic rings. The average molecular weight is 390 g/mol. The van der Waals surface area contributed by atoms with Crippen molar-refractivity contribution in [2.45, 2.75) is 31.8 Å². The molecule has 4 N–H and O–H groups in total.